The van der Waals surface area contributed by atoms with Crippen molar-refractivity contribution in [3.8, 4) is 0 Å². The maximum Gasteiger partial charge on any atom is 0.284 e. The van der Waals surface area contributed by atoms with Crippen LogP contribution in [0.4, 0.5) is 5.69 Å². The number of likely N-dealkylation sites (N-methyl/N-ethyl adjacent to an activating group) is 1. The van der Waals surface area contributed by atoms with Crippen molar-refractivity contribution in [2.45, 2.75) is 19.5 Å². The Labute approximate surface area is 166 Å². The Morgan fingerprint density at radius 3 is 2.89 bits per heavy atom. The Hall–Kier alpha value is -2.97. The number of carbonyl (C=O) groups is 2. The molecule has 1 aromatic carbocycles. The van der Waals surface area contributed by atoms with Crippen molar-refractivity contribution in [3.05, 3.63) is 69.4 Å². The number of aromatic amines is 1. The Balaban J connectivity index is 1.45. The van der Waals surface area contributed by atoms with Crippen LogP contribution in [0.2, 0.25) is 0 Å². The summed E-state index contributed by atoms with van der Waals surface area (Å²) in [6.07, 6.45) is 2.57. The van der Waals surface area contributed by atoms with Gasteiger partial charge in [0.1, 0.15) is 5.69 Å². The molecule has 3 aromatic rings. The first-order chi connectivity index (χ1) is 13.6. The van der Waals surface area contributed by atoms with Gasteiger partial charge in [0.25, 0.3) is 11.8 Å². The second-order valence-electron chi connectivity index (χ2n) is 6.75. The topological polar surface area (TPSA) is 90.1 Å². The third kappa shape index (κ3) is 3.97. The van der Waals surface area contributed by atoms with Gasteiger partial charge in [-0.05, 0) is 30.8 Å². The lowest BCUT2D eigenvalue weighted by atomic mass is 10.1. The minimum Gasteiger partial charge on any atom is -0.357 e. The second kappa shape index (κ2) is 7.95. The highest BCUT2D eigenvalue weighted by atomic mass is 32.1. The lowest BCUT2D eigenvalue weighted by molar-refractivity contribution is 0.0946. The highest BCUT2D eigenvalue weighted by Crippen LogP contribution is 2.25. The summed E-state index contributed by atoms with van der Waals surface area (Å²) in [5.74, 6) is -0.409. The van der Waals surface area contributed by atoms with Gasteiger partial charge in [0.2, 0.25) is 0 Å². The zero-order valence-corrected chi connectivity index (χ0v) is 16.3. The Morgan fingerprint density at radius 2 is 2.07 bits per heavy atom. The number of anilines is 1. The Morgan fingerprint density at radius 1 is 1.21 bits per heavy atom. The van der Waals surface area contributed by atoms with Crippen molar-refractivity contribution in [2.24, 2.45) is 0 Å². The van der Waals surface area contributed by atoms with E-state index in [1.54, 1.807) is 18.3 Å². The van der Waals surface area contributed by atoms with E-state index in [0.29, 0.717) is 22.9 Å². The Bertz CT molecular complexity index is 996. The van der Waals surface area contributed by atoms with Gasteiger partial charge in [0.05, 0.1) is 5.69 Å². The van der Waals surface area contributed by atoms with Crippen LogP contribution in [0.15, 0.2) is 42.6 Å². The van der Waals surface area contributed by atoms with Crippen molar-refractivity contribution >= 4 is 28.8 Å². The molecular weight excluding hydrogens is 374 g/mol. The third-order valence-corrected chi connectivity index (χ3v) is 5.75. The molecule has 0 saturated carbocycles. The van der Waals surface area contributed by atoms with Crippen LogP contribution in [-0.2, 0) is 19.5 Å². The molecule has 4 rings (SSSR count). The third-order valence-electron chi connectivity index (χ3n) is 4.66. The first-order valence-electron chi connectivity index (χ1n) is 9.08. The van der Waals surface area contributed by atoms with Crippen LogP contribution >= 0.6 is 11.3 Å². The number of nitrogens with zero attached hydrogens (tertiary/aromatic N) is 2. The molecule has 2 amide bonds. The minimum atomic E-state index is -0.217. The molecule has 0 spiro atoms. The smallest absolute Gasteiger partial charge is 0.284 e. The van der Waals surface area contributed by atoms with Crippen LogP contribution in [-0.4, -0.2) is 40.3 Å². The summed E-state index contributed by atoms with van der Waals surface area (Å²) < 4.78 is 0. The highest BCUT2D eigenvalue weighted by molar-refractivity contribution is 7.13. The van der Waals surface area contributed by atoms with Crippen LogP contribution in [0.25, 0.3) is 0 Å². The summed E-state index contributed by atoms with van der Waals surface area (Å²) in [5.41, 5.74) is 3.03. The molecule has 0 saturated heterocycles. The van der Waals surface area contributed by atoms with Gasteiger partial charge in [-0.15, -0.1) is 11.3 Å². The van der Waals surface area contributed by atoms with E-state index in [1.165, 1.54) is 11.3 Å². The molecule has 0 unspecified atom stereocenters. The summed E-state index contributed by atoms with van der Waals surface area (Å²) in [5, 5.41) is 6.28. The fourth-order valence-electron chi connectivity index (χ4n) is 3.13. The summed E-state index contributed by atoms with van der Waals surface area (Å²) in [6, 6.07) is 10.9. The predicted octanol–water partition coefficient (Wildman–Crippen LogP) is 2.64. The van der Waals surface area contributed by atoms with Crippen molar-refractivity contribution in [2.75, 3.05) is 18.9 Å². The SMILES string of the molecule is CN1CCc2nc(C(=O)Nc3ccccc3CNC(=O)c3ccc[nH]3)sc2C1. The van der Waals surface area contributed by atoms with Gasteiger partial charge in [0.15, 0.2) is 5.01 Å². The molecule has 0 radical (unpaired) electrons. The number of H-pyrrole nitrogens is 1. The monoisotopic (exact) mass is 395 g/mol. The van der Waals surface area contributed by atoms with E-state index in [0.717, 1.165) is 35.6 Å². The molecule has 3 heterocycles. The van der Waals surface area contributed by atoms with Crippen molar-refractivity contribution in [1.29, 1.82) is 0 Å². The normalized spacial score (nSPS) is 13.8. The van der Waals surface area contributed by atoms with Gasteiger partial charge in [0, 0.05) is 42.8 Å². The minimum absolute atomic E-state index is 0.192. The van der Waals surface area contributed by atoms with Crippen LogP contribution < -0.4 is 10.6 Å². The zero-order valence-electron chi connectivity index (χ0n) is 15.5. The van der Waals surface area contributed by atoms with E-state index >= 15 is 0 Å². The van der Waals surface area contributed by atoms with Crippen LogP contribution in [0, 0.1) is 0 Å². The molecule has 2 aromatic heterocycles. The fraction of sp³-hybridized carbons (Fsp3) is 0.250. The summed E-state index contributed by atoms with van der Waals surface area (Å²) in [4.78, 5) is 35.6. The maximum absolute atomic E-state index is 12.7. The standard InChI is InChI=1S/C20H21N5O2S/c1-25-10-8-15-17(12-25)28-20(24-15)19(27)23-14-6-3-2-5-13(14)11-22-18(26)16-7-4-9-21-16/h2-7,9,21H,8,10-12H2,1H3,(H,22,26)(H,23,27). The molecule has 0 fully saturated rings. The van der Waals surface area contributed by atoms with Crippen molar-refractivity contribution in [1.82, 2.24) is 20.2 Å². The average Bonchev–Trinajstić information content (AvgIpc) is 3.36. The van der Waals surface area contributed by atoms with Gasteiger partial charge >= 0.3 is 0 Å². The number of rotatable bonds is 5. The van der Waals surface area contributed by atoms with Crippen LogP contribution in [0.3, 0.4) is 0 Å². The molecule has 0 bridgehead atoms. The van der Waals surface area contributed by atoms with Crippen LogP contribution in [0.5, 0.6) is 0 Å². The first-order valence-corrected chi connectivity index (χ1v) is 9.90. The molecule has 0 aliphatic carbocycles. The van der Waals surface area contributed by atoms with Gasteiger partial charge in [-0.2, -0.15) is 0 Å². The van der Waals surface area contributed by atoms with Gasteiger partial charge < -0.3 is 20.5 Å². The number of fused-ring (bicyclic) bond motifs is 1. The summed E-state index contributed by atoms with van der Waals surface area (Å²) in [7, 11) is 2.07. The van der Waals surface area contributed by atoms with Crippen LogP contribution in [0.1, 0.15) is 36.4 Å². The van der Waals surface area contributed by atoms with Gasteiger partial charge in [-0.3, -0.25) is 9.59 Å². The largest absolute Gasteiger partial charge is 0.357 e. The average molecular weight is 395 g/mol. The lowest BCUT2D eigenvalue weighted by Crippen LogP contribution is -2.25. The zero-order chi connectivity index (χ0) is 19.5. The number of benzene rings is 1. The molecule has 144 valence electrons. The molecule has 28 heavy (non-hydrogen) atoms. The highest BCUT2D eigenvalue weighted by Gasteiger charge is 2.21. The van der Waals surface area contributed by atoms with Gasteiger partial charge in [-0.25, -0.2) is 4.98 Å². The Kier molecular flexibility index (Phi) is 5.23. The number of hydrogen-bond donors (Lipinski definition) is 3. The van der Waals surface area contributed by atoms with E-state index < -0.39 is 0 Å². The second-order valence-corrected chi connectivity index (χ2v) is 7.84. The van der Waals surface area contributed by atoms with Crippen molar-refractivity contribution in [3.63, 3.8) is 0 Å². The lowest BCUT2D eigenvalue weighted by Gasteiger charge is -2.20. The molecular formula is C20H21N5O2S. The van der Waals surface area contributed by atoms with Gasteiger partial charge in [-0.1, -0.05) is 18.2 Å². The summed E-state index contributed by atoms with van der Waals surface area (Å²) >= 11 is 1.45. The molecule has 1 aliphatic heterocycles. The number of para-hydroxylation sites is 1. The number of aromatic nitrogens is 2. The molecule has 0 atom stereocenters. The van der Waals surface area contributed by atoms with E-state index in [9.17, 15) is 9.59 Å². The number of nitrogens with one attached hydrogen (secondary N) is 3. The molecule has 3 N–H and O–H groups in total. The van der Waals surface area contributed by atoms with E-state index in [4.69, 9.17) is 0 Å². The number of carbonyl (C=O) groups excluding carboxylic acids is 2. The van der Waals surface area contributed by atoms with Crippen molar-refractivity contribution < 1.29 is 9.59 Å². The van der Waals surface area contributed by atoms with E-state index in [2.05, 4.69) is 32.5 Å². The summed E-state index contributed by atoms with van der Waals surface area (Å²) in [6.45, 7) is 2.11. The number of hydrogen-bond acceptors (Lipinski definition) is 5. The van der Waals surface area contributed by atoms with E-state index in [-0.39, 0.29) is 11.8 Å². The first kappa shape index (κ1) is 18.4. The maximum atomic E-state index is 12.7. The molecule has 1 aliphatic rings. The molecule has 7 nitrogen and oxygen atoms in total. The fourth-order valence-corrected chi connectivity index (χ4v) is 4.22. The number of thiazole rings is 1. The quantitative estimate of drug-likeness (QED) is 0.620. The van der Waals surface area contributed by atoms with E-state index in [1.807, 2.05) is 24.3 Å². The molecule has 8 heteroatoms. The predicted molar refractivity (Wildman–Crippen MR) is 109 cm³/mol. The number of amides is 2.